The second-order valence-electron chi connectivity index (χ2n) is 7.61. The number of carbonyl (C=O) groups excluding carboxylic acids is 1. The Balaban J connectivity index is 1.68. The van der Waals surface area contributed by atoms with Gasteiger partial charge in [-0.3, -0.25) is 18.9 Å². The molecule has 2 N–H and O–H groups in total. The maximum Gasteiger partial charge on any atom is 0.267 e. The van der Waals surface area contributed by atoms with E-state index in [1.807, 2.05) is 37.3 Å². The molecule has 1 saturated heterocycles. The molecule has 0 unspecified atom stereocenters. The first-order chi connectivity index (χ1) is 16.0. The monoisotopic (exact) mass is 480 g/mol. The maximum absolute atomic E-state index is 13.3. The van der Waals surface area contributed by atoms with Crippen LogP contribution in [0.2, 0.25) is 0 Å². The Morgan fingerprint density at radius 3 is 2.67 bits per heavy atom. The molecule has 3 aromatic rings. The molecular weight excluding hydrogens is 456 g/mol. The fraction of sp³-hybridized carbons (Fsp3) is 0.250. The van der Waals surface area contributed by atoms with Gasteiger partial charge in [0.25, 0.3) is 11.5 Å². The number of nitrogens with one attached hydrogen (secondary N) is 1. The van der Waals surface area contributed by atoms with Gasteiger partial charge in [-0.05, 0) is 36.6 Å². The Kier molecular flexibility index (Phi) is 7.22. The van der Waals surface area contributed by atoms with E-state index in [9.17, 15) is 14.7 Å². The first kappa shape index (κ1) is 23.2. The minimum atomic E-state index is -0.301. The van der Waals surface area contributed by atoms with E-state index >= 15 is 0 Å². The highest BCUT2D eigenvalue weighted by Gasteiger charge is 2.32. The van der Waals surface area contributed by atoms with Gasteiger partial charge in [0.05, 0.1) is 23.1 Å². The van der Waals surface area contributed by atoms with Crippen molar-refractivity contribution in [3.8, 4) is 0 Å². The number of benzene rings is 1. The summed E-state index contributed by atoms with van der Waals surface area (Å²) in [6.07, 6.45) is 4.53. The first-order valence-corrected chi connectivity index (χ1v) is 11.9. The number of amides is 1. The number of thiocarbonyl (C=S) groups is 1. The number of aromatic nitrogens is 2. The summed E-state index contributed by atoms with van der Waals surface area (Å²) in [6, 6.07) is 14.9. The highest BCUT2D eigenvalue weighted by Crippen LogP contribution is 2.33. The van der Waals surface area contributed by atoms with Crippen molar-refractivity contribution in [3.63, 3.8) is 0 Å². The summed E-state index contributed by atoms with van der Waals surface area (Å²) in [5.74, 6) is 0.111. The van der Waals surface area contributed by atoms with Crippen LogP contribution in [-0.2, 0) is 11.2 Å². The van der Waals surface area contributed by atoms with Crippen molar-refractivity contribution in [2.24, 2.45) is 0 Å². The number of anilines is 1. The van der Waals surface area contributed by atoms with E-state index in [0.717, 1.165) is 5.56 Å². The number of aliphatic hydroxyl groups excluding tert-OH is 1. The van der Waals surface area contributed by atoms with Crippen LogP contribution in [0.3, 0.4) is 0 Å². The number of aliphatic hydroxyl groups is 1. The smallest absolute Gasteiger partial charge is 0.267 e. The standard InChI is InChI=1S/C24H24N4O3S2/c1-2-17(15-29)25-21-18(22(30)27-12-7-6-10-20(27)26-21)14-19-23(31)28(24(32)33-19)13-11-16-8-4-3-5-9-16/h3-10,12,14,17,25,29H,2,11,13,15H2,1H3/b19-14-/t17-/m0/s1. The number of pyridine rings is 1. The molecule has 0 bridgehead atoms. The fourth-order valence-electron chi connectivity index (χ4n) is 3.52. The maximum atomic E-state index is 13.3. The van der Waals surface area contributed by atoms with Crippen LogP contribution in [0.1, 0.15) is 24.5 Å². The molecule has 3 heterocycles. The van der Waals surface area contributed by atoms with Gasteiger partial charge in [-0.1, -0.05) is 67.3 Å². The predicted octanol–water partition coefficient (Wildman–Crippen LogP) is 3.32. The average Bonchev–Trinajstić information content (AvgIpc) is 3.11. The number of thioether (sulfide) groups is 1. The van der Waals surface area contributed by atoms with Gasteiger partial charge in [0.15, 0.2) is 0 Å². The predicted molar refractivity (Wildman–Crippen MR) is 136 cm³/mol. The number of hydrogen-bond acceptors (Lipinski definition) is 7. The Labute approximate surface area is 201 Å². The van der Waals surface area contributed by atoms with Crippen LogP contribution in [0.4, 0.5) is 5.82 Å². The third-order valence-corrected chi connectivity index (χ3v) is 6.82. The van der Waals surface area contributed by atoms with E-state index in [1.54, 1.807) is 35.4 Å². The van der Waals surface area contributed by atoms with Gasteiger partial charge in [0.1, 0.15) is 15.8 Å². The largest absolute Gasteiger partial charge is 0.394 e. The SMILES string of the molecule is CC[C@@H](CO)Nc1nc2ccccn2c(=O)c1/C=C1\SC(=S)N(CCc2ccccc2)C1=O. The summed E-state index contributed by atoms with van der Waals surface area (Å²) >= 11 is 6.64. The molecule has 2 aromatic heterocycles. The van der Waals surface area contributed by atoms with Gasteiger partial charge in [-0.15, -0.1) is 0 Å². The molecule has 1 aromatic carbocycles. The molecule has 0 spiro atoms. The Morgan fingerprint density at radius 2 is 1.94 bits per heavy atom. The molecule has 1 aliphatic heterocycles. The minimum absolute atomic E-state index is 0.104. The lowest BCUT2D eigenvalue weighted by atomic mass is 10.1. The lowest BCUT2D eigenvalue weighted by molar-refractivity contribution is -0.122. The van der Waals surface area contributed by atoms with Crippen LogP contribution in [0.5, 0.6) is 0 Å². The molecule has 9 heteroatoms. The fourth-order valence-corrected chi connectivity index (χ4v) is 4.81. The normalized spacial score (nSPS) is 16.1. The molecule has 0 aliphatic carbocycles. The van der Waals surface area contributed by atoms with Crippen LogP contribution in [0.25, 0.3) is 11.7 Å². The second kappa shape index (κ2) is 10.3. The van der Waals surface area contributed by atoms with Crippen molar-refractivity contribution in [3.05, 3.63) is 81.1 Å². The van der Waals surface area contributed by atoms with Crippen LogP contribution < -0.4 is 10.9 Å². The molecule has 4 rings (SSSR count). The minimum Gasteiger partial charge on any atom is -0.394 e. The van der Waals surface area contributed by atoms with Crippen LogP contribution in [0, 0.1) is 0 Å². The first-order valence-electron chi connectivity index (χ1n) is 10.7. The third-order valence-electron chi connectivity index (χ3n) is 5.44. The van der Waals surface area contributed by atoms with Crippen molar-refractivity contribution >= 4 is 51.7 Å². The lowest BCUT2D eigenvalue weighted by Crippen LogP contribution is -2.30. The van der Waals surface area contributed by atoms with Crippen molar-refractivity contribution in [2.75, 3.05) is 18.5 Å². The molecule has 7 nitrogen and oxygen atoms in total. The van der Waals surface area contributed by atoms with Gasteiger partial charge in [0, 0.05) is 12.7 Å². The summed E-state index contributed by atoms with van der Waals surface area (Å²) in [5, 5.41) is 12.8. The number of hydrogen-bond donors (Lipinski definition) is 2. The number of carbonyl (C=O) groups is 1. The molecule has 1 fully saturated rings. The average molecular weight is 481 g/mol. The lowest BCUT2D eigenvalue weighted by Gasteiger charge is -2.17. The summed E-state index contributed by atoms with van der Waals surface area (Å²) < 4.78 is 1.90. The molecule has 1 aliphatic rings. The van der Waals surface area contributed by atoms with Crippen LogP contribution in [0.15, 0.2) is 64.4 Å². The summed E-state index contributed by atoms with van der Waals surface area (Å²) in [6.45, 7) is 2.29. The van der Waals surface area contributed by atoms with Crippen LogP contribution in [-0.4, -0.2) is 48.8 Å². The molecule has 33 heavy (non-hydrogen) atoms. The highest BCUT2D eigenvalue weighted by atomic mass is 32.2. The number of fused-ring (bicyclic) bond motifs is 1. The van der Waals surface area contributed by atoms with E-state index in [2.05, 4.69) is 10.3 Å². The quantitative estimate of drug-likeness (QED) is 0.378. The molecule has 0 radical (unpaired) electrons. The van der Waals surface area contributed by atoms with Gasteiger partial charge in [0.2, 0.25) is 0 Å². The second-order valence-corrected chi connectivity index (χ2v) is 9.28. The summed E-state index contributed by atoms with van der Waals surface area (Å²) in [5.41, 5.74) is 1.55. The van der Waals surface area contributed by atoms with E-state index < -0.39 is 0 Å². The van der Waals surface area contributed by atoms with E-state index in [1.165, 1.54) is 16.2 Å². The summed E-state index contributed by atoms with van der Waals surface area (Å²) in [7, 11) is 0. The number of rotatable bonds is 8. The van der Waals surface area contributed by atoms with Crippen molar-refractivity contribution in [1.82, 2.24) is 14.3 Å². The Bertz CT molecular complexity index is 1270. The molecule has 170 valence electrons. The molecule has 0 saturated carbocycles. The van der Waals surface area contributed by atoms with E-state index in [0.29, 0.717) is 40.1 Å². The highest BCUT2D eigenvalue weighted by molar-refractivity contribution is 8.26. The topological polar surface area (TPSA) is 86.9 Å². The Morgan fingerprint density at radius 1 is 1.18 bits per heavy atom. The van der Waals surface area contributed by atoms with Crippen LogP contribution >= 0.6 is 24.0 Å². The van der Waals surface area contributed by atoms with E-state index in [-0.39, 0.29) is 29.7 Å². The zero-order valence-corrected chi connectivity index (χ0v) is 19.7. The van der Waals surface area contributed by atoms with Gasteiger partial charge in [-0.2, -0.15) is 0 Å². The zero-order valence-electron chi connectivity index (χ0n) is 18.1. The van der Waals surface area contributed by atoms with Crippen molar-refractivity contribution < 1.29 is 9.90 Å². The Hall–Kier alpha value is -3.01. The molecule has 1 atom stereocenters. The molecular formula is C24H24N4O3S2. The third kappa shape index (κ3) is 5.00. The number of nitrogens with zero attached hydrogens (tertiary/aromatic N) is 3. The van der Waals surface area contributed by atoms with Gasteiger partial charge in [-0.25, -0.2) is 4.98 Å². The zero-order chi connectivity index (χ0) is 23.4. The van der Waals surface area contributed by atoms with E-state index in [4.69, 9.17) is 12.2 Å². The van der Waals surface area contributed by atoms with Gasteiger partial charge < -0.3 is 10.4 Å². The van der Waals surface area contributed by atoms with Gasteiger partial charge >= 0.3 is 0 Å². The van der Waals surface area contributed by atoms with Crippen molar-refractivity contribution in [2.45, 2.75) is 25.8 Å². The molecule has 1 amide bonds. The summed E-state index contributed by atoms with van der Waals surface area (Å²) in [4.78, 5) is 32.9. The van der Waals surface area contributed by atoms with Crippen molar-refractivity contribution in [1.29, 1.82) is 0 Å².